The maximum Gasteiger partial charge on any atom is 0.407 e. The van der Waals surface area contributed by atoms with Crippen LogP contribution in [-0.4, -0.2) is 36.6 Å². The Morgan fingerprint density at radius 1 is 1.08 bits per heavy atom. The van der Waals surface area contributed by atoms with Crippen LogP contribution < -0.4 is 5.32 Å². The van der Waals surface area contributed by atoms with Crippen LogP contribution in [0.3, 0.4) is 0 Å². The van der Waals surface area contributed by atoms with E-state index in [1.807, 2.05) is 6.07 Å². The number of esters is 1. The maximum absolute atomic E-state index is 12.5. The Balaban J connectivity index is 2.48. The second-order valence-electron chi connectivity index (χ2n) is 6.95. The highest BCUT2D eigenvalue weighted by atomic mass is 16.6. The number of hydrogen-bond acceptors (Lipinski definition) is 5. The number of hydrogen-bond donors (Lipinski definition) is 1. The van der Waals surface area contributed by atoms with Gasteiger partial charge < -0.3 is 14.8 Å². The molecule has 0 heterocycles. The van der Waals surface area contributed by atoms with E-state index in [0.29, 0.717) is 24.9 Å². The minimum Gasteiger partial charge on any atom is -0.465 e. The summed E-state index contributed by atoms with van der Waals surface area (Å²) >= 11 is 0. The molecule has 6 heteroatoms. The number of ether oxygens (including phenoxy) is 2. The Bertz CT molecular complexity index is 592. The number of carbonyl (C=O) groups is 3. The van der Waals surface area contributed by atoms with Gasteiger partial charge in [-0.15, -0.1) is 0 Å². The van der Waals surface area contributed by atoms with Crippen LogP contribution in [0, 0.1) is 0 Å². The van der Waals surface area contributed by atoms with Crippen molar-refractivity contribution in [1.82, 2.24) is 5.32 Å². The predicted octanol–water partition coefficient (Wildman–Crippen LogP) is 3.60. The second kappa shape index (κ2) is 10.6. The first kappa shape index (κ1) is 21.7. The van der Waals surface area contributed by atoms with Gasteiger partial charge in [0.1, 0.15) is 11.5 Å². The van der Waals surface area contributed by atoms with Gasteiger partial charge in [-0.1, -0.05) is 30.3 Å². The molecular weight excluding hydrogens is 334 g/mol. The quantitative estimate of drug-likeness (QED) is 0.412. The Morgan fingerprint density at radius 2 is 1.73 bits per heavy atom. The highest BCUT2D eigenvalue weighted by molar-refractivity contribution is 6.04. The van der Waals surface area contributed by atoms with Crippen molar-refractivity contribution in [3.63, 3.8) is 0 Å². The van der Waals surface area contributed by atoms with Gasteiger partial charge in [0.2, 0.25) is 0 Å². The summed E-state index contributed by atoms with van der Waals surface area (Å²) in [5.41, 5.74) is 0.102. The highest BCUT2D eigenvalue weighted by Crippen LogP contribution is 2.21. The normalized spacial score (nSPS) is 12.2. The average Bonchev–Trinajstić information content (AvgIpc) is 2.54. The highest BCUT2D eigenvalue weighted by Gasteiger charge is 2.28. The Kier molecular flexibility index (Phi) is 8.82. The third-order valence-electron chi connectivity index (χ3n) is 3.50. The summed E-state index contributed by atoms with van der Waals surface area (Å²) in [6.45, 7) is 7.75. The molecule has 0 aromatic heterocycles. The molecule has 1 amide bonds. The van der Waals surface area contributed by atoms with Crippen molar-refractivity contribution in [1.29, 1.82) is 0 Å². The molecule has 1 unspecified atom stereocenters. The van der Waals surface area contributed by atoms with Gasteiger partial charge in [0.05, 0.1) is 6.61 Å². The molecule has 1 aromatic carbocycles. The summed E-state index contributed by atoms with van der Waals surface area (Å²) in [6.07, 6.45) is 0.957. The molecule has 1 rings (SSSR count). The van der Waals surface area contributed by atoms with Crippen molar-refractivity contribution < 1.29 is 23.9 Å². The van der Waals surface area contributed by atoms with Crippen molar-refractivity contribution in [2.75, 3.05) is 13.2 Å². The molecule has 26 heavy (non-hydrogen) atoms. The van der Waals surface area contributed by atoms with Gasteiger partial charge in [0.15, 0.2) is 5.78 Å². The van der Waals surface area contributed by atoms with Gasteiger partial charge in [0, 0.05) is 13.0 Å². The standard InChI is InChI=1S/C20H29NO5/c1-5-25-18(23)17(15-11-7-6-8-12-15)16(22)13-9-10-14-21-19(24)26-20(2,3)4/h6-8,11-12,17H,5,9-10,13-14H2,1-4H3,(H,21,24). The molecule has 0 radical (unpaired) electrons. The van der Waals surface area contributed by atoms with E-state index in [1.165, 1.54) is 0 Å². The van der Waals surface area contributed by atoms with E-state index in [9.17, 15) is 14.4 Å². The molecule has 0 spiro atoms. The fourth-order valence-electron chi connectivity index (χ4n) is 2.40. The van der Waals surface area contributed by atoms with E-state index in [1.54, 1.807) is 52.0 Å². The van der Waals surface area contributed by atoms with E-state index in [0.717, 1.165) is 0 Å². The molecule has 0 saturated carbocycles. The van der Waals surface area contributed by atoms with Crippen LogP contribution in [-0.2, 0) is 19.1 Å². The largest absolute Gasteiger partial charge is 0.465 e. The Labute approximate surface area is 155 Å². The number of unbranched alkanes of at least 4 members (excludes halogenated alkanes) is 1. The zero-order valence-corrected chi connectivity index (χ0v) is 16.0. The SMILES string of the molecule is CCOC(=O)C(C(=O)CCCCNC(=O)OC(C)(C)C)c1ccccc1. The second-order valence-corrected chi connectivity index (χ2v) is 6.95. The van der Waals surface area contributed by atoms with E-state index in [4.69, 9.17) is 9.47 Å². The van der Waals surface area contributed by atoms with Crippen LogP contribution in [0.5, 0.6) is 0 Å². The molecule has 144 valence electrons. The molecule has 1 N–H and O–H groups in total. The van der Waals surface area contributed by atoms with Gasteiger partial charge in [-0.25, -0.2) is 4.79 Å². The van der Waals surface area contributed by atoms with Crippen LogP contribution in [0.15, 0.2) is 30.3 Å². The molecule has 1 aromatic rings. The lowest BCUT2D eigenvalue weighted by molar-refractivity contribution is -0.147. The summed E-state index contributed by atoms with van der Waals surface area (Å²) in [4.78, 5) is 36.3. The van der Waals surface area contributed by atoms with Crippen LogP contribution in [0.2, 0.25) is 0 Å². The Morgan fingerprint density at radius 3 is 2.31 bits per heavy atom. The lowest BCUT2D eigenvalue weighted by Gasteiger charge is -2.19. The van der Waals surface area contributed by atoms with Crippen LogP contribution in [0.1, 0.15) is 58.4 Å². The molecule has 0 fully saturated rings. The zero-order chi connectivity index (χ0) is 19.6. The summed E-state index contributed by atoms with van der Waals surface area (Å²) < 4.78 is 10.2. The summed E-state index contributed by atoms with van der Waals surface area (Å²) in [5, 5.41) is 2.65. The van der Waals surface area contributed by atoms with Gasteiger partial charge in [-0.3, -0.25) is 9.59 Å². The number of ketones is 1. The molecule has 0 bridgehead atoms. The number of alkyl carbamates (subject to hydrolysis) is 1. The van der Waals surface area contributed by atoms with Crippen molar-refractivity contribution in [3.05, 3.63) is 35.9 Å². The lowest BCUT2D eigenvalue weighted by atomic mass is 9.92. The lowest BCUT2D eigenvalue weighted by Crippen LogP contribution is -2.33. The Hall–Kier alpha value is -2.37. The zero-order valence-electron chi connectivity index (χ0n) is 16.0. The average molecular weight is 363 g/mol. The van der Waals surface area contributed by atoms with Crippen LogP contribution in [0.4, 0.5) is 4.79 Å². The molecular formula is C20H29NO5. The predicted molar refractivity (Wildman–Crippen MR) is 98.9 cm³/mol. The molecule has 1 atom stereocenters. The number of Topliss-reactive ketones (excluding diaryl/α,β-unsaturated/α-hetero) is 1. The molecule has 6 nitrogen and oxygen atoms in total. The van der Waals surface area contributed by atoms with E-state index in [2.05, 4.69) is 5.32 Å². The van der Waals surface area contributed by atoms with Gasteiger partial charge >= 0.3 is 12.1 Å². The van der Waals surface area contributed by atoms with Crippen molar-refractivity contribution >= 4 is 17.8 Å². The first-order valence-electron chi connectivity index (χ1n) is 8.95. The summed E-state index contributed by atoms with van der Waals surface area (Å²) in [7, 11) is 0. The third kappa shape index (κ3) is 8.14. The number of amides is 1. The topological polar surface area (TPSA) is 81.7 Å². The van der Waals surface area contributed by atoms with Gasteiger partial charge in [-0.05, 0) is 46.1 Å². The summed E-state index contributed by atoms with van der Waals surface area (Å²) in [5.74, 6) is -1.59. The molecule has 0 aliphatic rings. The number of carbonyl (C=O) groups excluding carboxylic acids is 3. The van der Waals surface area contributed by atoms with Crippen molar-refractivity contribution in [3.8, 4) is 0 Å². The smallest absolute Gasteiger partial charge is 0.407 e. The summed E-state index contributed by atoms with van der Waals surface area (Å²) in [6, 6.07) is 8.92. The van der Waals surface area contributed by atoms with Gasteiger partial charge in [-0.2, -0.15) is 0 Å². The fourth-order valence-corrected chi connectivity index (χ4v) is 2.40. The minimum atomic E-state index is -0.894. The van der Waals surface area contributed by atoms with Crippen LogP contribution >= 0.6 is 0 Å². The van der Waals surface area contributed by atoms with Crippen molar-refractivity contribution in [2.45, 2.75) is 58.5 Å². The van der Waals surface area contributed by atoms with Crippen molar-refractivity contribution in [2.24, 2.45) is 0 Å². The van der Waals surface area contributed by atoms with E-state index >= 15 is 0 Å². The van der Waals surface area contributed by atoms with Gasteiger partial charge in [0.25, 0.3) is 0 Å². The number of benzene rings is 1. The van der Waals surface area contributed by atoms with Crippen LogP contribution in [0.25, 0.3) is 0 Å². The van der Waals surface area contributed by atoms with E-state index in [-0.39, 0.29) is 18.8 Å². The monoisotopic (exact) mass is 363 g/mol. The minimum absolute atomic E-state index is 0.174. The first-order valence-corrected chi connectivity index (χ1v) is 8.95. The maximum atomic E-state index is 12.5. The van der Waals surface area contributed by atoms with E-state index < -0.39 is 23.6 Å². The molecule has 0 aliphatic carbocycles. The molecule has 0 saturated heterocycles. The fraction of sp³-hybridized carbons (Fsp3) is 0.550. The third-order valence-corrected chi connectivity index (χ3v) is 3.50. The molecule has 0 aliphatic heterocycles. The first-order chi connectivity index (χ1) is 12.2. The number of nitrogens with one attached hydrogen (secondary N) is 1. The number of rotatable bonds is 9.